The van der Waals surface area contributed by atoms with E-state index in [0.717, 1.165) is 24.1 Å². The van der Waals surface area contributed by atoms with Gasteiger partial charge in [-0.15, -0.1) is 0 Å². The SMILES string of the molecule is CC/C(C)=C(/NCc1nc(Cl)c(CC)[nH]1)NC(=O)C(=NC)C(C)=CN. The second-order valence-electron chi connectivity index (χ2n) is 5.54. The lowest BCUT2D eigenvalue weighted by Crippen LogP contribution is -2.37. The van der Waals surface area contributed by atoms with Crippen LogP contribution in [-0.4, -0.2) is 28.6 Å². The quantitative estimate of drug-likeness (QED) is 0.530. The maximum atomic E-state index is 12.5. The summed E-state index contributed by atoms with van der Waals surface area (Å²) in [5, 5.41) is 6.55. The first-order chi connectivity index (χ1) is 11.9. The number of aliphatic imine (C=N–C) groups is 1. The molecule has 0 unspecified atom stereocenters. The summed E-state index contributed by atoms with van der Waals surface area (Å²) < 4.78 is 0. The molecule has 0 saturated heterocycles. The Morgan fingerprint density at radius 2 is 2.08 bits per heavy atom. The number of carbonyl (C=O) groups is 1. The van der Waals surface area contributed by atoms with Crippen LogP contribution < -0.4 is 16.4 Å². The summed E-state index contributed by atoms with van der Waals surface area (Å²) in [7, 11) is 1.56. The zero-order chi connectivity index (χ0) is 19.0. The molecular formula is C17H27ClN6O. The van der Waals surface area contributed by atoms with Crippen molar-refractivity contribution in [1.29, 1.82) is 0 Å². The van der Waals surface area contributed by atoms with E-state index in [0.29, 0.717) is 34.6 Å². The number of nitrogens with zero attached hydrogens (tertiary/aromatic N) is 2. The molecule has 25 heavy (non-hydrogen) atoms. The molecule has 0 aliphatic rings. The third-order valence-corrected chi connectivity index (χ3v) is 4.13. The first kappa shape index (κ1) is 20.8. The van der Waals surface area contributed by atoms with Crippen LogP contribution in [0.2, 0.25) is 5.15 Å². The van der Waals surface area contributed by atoms with Gasteiger partial charge in [-0.2, -0.15) is 0 Å². The number of carbonyl (C=O) groups excluding carboxylic acids is 1. The fraction of sp³-hybridized carbons (Fsp3) is 0.471. The Morgan fingerprint density at radius 1 is 1.40 bits per heavy atom. The Kier molecular flexibility index (Phi) is 8.21. The second-order valence-corrected chi connectivity index (χ2v) is 5.90. The van der Waals surface area contributed by atoms with Gasteiger partial charge in [0.05, 0.1) is 12.2 Å². The number of nitrogens with one attached hydrogen (secondary N) is 3. The molecular weight excluding hydrogens is 340 g/mol. The molecule has 5 N–H and O–H groups in total. The number of H-pyrrole nitrogens is 1. The van der Waals surface area contributed by atoms with Crippen molar-refractivity contribution in [3.8, 4) is 0 Å². The Morgan fingerprint density at radius 3 is 2.56 bits per heavy atom. The first-order valence-corrected chi connectivity index (χ1v) is 8.59. The average Bonchev–Trinajstić information content (AvgIpc) is 2.97. The smallest absolute Gasteiger partial charge is 0.275 e. The summed E-state index contributed by atoms with van der Waals surface area (Å²) in [5.41, 5.74) is 8.29. The number of amides is 1. The van der Waals surface area contributed by atoms with Gasteiger partial charge in [0.15, 0.2) is 0 Å². The molecule has 0 atom stereocenters. The lowest BCUT2D eigenvalue weighted by Gasteiger charge is -2.16. The van der Waals surface area contributed by atoms with Gasteiger partial charge in [-0.3, -0.25) is 9.79 Å². The highest BCUT2D eigenvalue weighted by Crippen LogP contribution is 2.13. The highest BCUT2D eigenvalue weighted by molar-refractivity contribution is 6.45. The monoisotopic (exact) mass is 366 g/mol. The number of hydrogen-bond donors (Lipinski definition) is 4. The molecule has 1 rings (SSSR count). The number of rotatable bonds is 8. The Balaban J connectivity index is 2.90. The van der Waals surface area contributed by atoms with Crippen molar-refractivity contribution < 1.29 is 4.79 Å². The minimum Gasteiger partial charge on any atom is -0.404 e. The highest BCUT2D eigenvalue weighted by atomic mass is 35.5. The van der Waals surface area contributed by atoms with Crippen molar-refractivity contribution in [2.45, 2.75) is 47.1 Å². The summed E-state index contributed by atoms with van der Waals surface area (Å²) >= 11 is 6.06. The molecule has 0 fully saturated rings. The molecule has 0 saturated carbocycles. The van der Waals surface area contributed by atoms with Crippen molar-refractivity contribution in [2.24, 2.45) is 10.7 Å². The highest BCUT2D eigenvalue weighted by Gasteiger charge is 2.15. The molecule has 0 aliphatic carbocycles. The van der Waals surface area contributed by atoms with Crippen molar-refractivity contribution in [3.63, 3.8) is 0 Å². The summed E-state index contributed by atoms with van der Waals surface area (Å²) in [4.78, 5) is 23.9. The normalized spacial score (nSPS) is 13.5. The molecule has 138 valence electrons. The standard InChI is InChI=1S/C17H27ClN6O/c1-6-10(3)16(24-17(25)14(20-5)11(4)8-19)21-9-13-22-12(7-2)15(18)23-13/h8,21H,6-7,9,19H2,1-5H3,(H,22,23)(H,24,25)/b11-8?,16-10-,20-14?. The number of allylic oxidation sites excluding steroid dienone is 1. The van der Waals surface area contributed by atoms with Gasteiger partial charge in [0.1, 0.15) is 22.5 Å². The van der Waals surface area contributed by atoms with Crippen LogP contribution in [0, 0.1) is 0 Å². The fourth-order valence-corrected chi connectivity index (χ4v) is 2.40. The predicted molar refractivity (Wildman–Crippen MR) is 102 cm³/mol. The van der Waals surface area contributed by atoms with Crippen LogP contribution in [0.3, 0.4) is 0 Å². The van der Waals surface area contributed by atoms with Crippen LogP contribution in [0.5, 0.6) is 0 Å². The van der Waals surface area contributed by atoms with Crippen LogP contribution in [0.15, 0.2) is 28.2 Å². The van der Waals surface area contributed by atoms with Crippen molar-refractivity contribution in [1.82, 2.24) is 20.6 Å². The van der Waals surface area contributed by atoms with Gasteiger partial charge in [0.2, 0.25) is 0 Å². The van der Waals surface area contributed by atoms with Gasteiger partial charge < -0.3 is 21.4 Å². The van der Waals surface area contributed by atoms with E-state index in [-0.39, 0.29) is 5.91 Å². The molecule has 1 heterocycles. The molecule has 1 amide bonds. The number of nitrogens with two attached hydrogens (primary N) is 1. The van der Waals surface area contributed by atoms with Crippen LogP contribution >= 0.6 is 11.6 Å². The summed E-state index contributed by atoms with van der Waals surface area (Å²) in [6.45, 7) is 8.12. The number of aryl methyl sites for hydroxylation is 1. The Hall–Kier alpha value is -2.28. The van der Waals surface area contributed by atoms with Crippen LogP contribution in [0.4, 0.5) is 0 Å². The van der Waals surface area contributed by atoms with E-state index in [9.17, 15) is 4.79 Å². The van der Waals surface area contributed by atoms with E-state index in [4.69, 9.17) is 17.3 Å². The maximum Gasteiger partial charge on any atom is 0.275 e. The predicted octanol–water partition coefficient (Wildman–Crippen LogP) is 2.41. The largest absolute Gasteiger partial charge is 0.404 e. The topological polar surface area (TPSA) is 108 Å². The molecule has 0 aliphatic heterocycles. The number of aromatic amines is 1. The van der Waals surface area contributed by atoms with E-state index in [2.05, 4.69) is 25.6 Å². The zero-order valence-electron chi connectivity index (χ0n) is 15.5. The van der Waals surface area contributed by atoms with Crippen LogP contribution in [0.1, 0.15) is 45.6 Å². The third-order valence-electron chi connectivity index (χ3n) is 3.82. The number of aromatic nitrogens is 2. The molecule has 1 aromatic rings. The lowest BCUT2D eigenvalue weighted by molar-refractivity contribution is -0.114. The zero-order valence-corrected chi connectivity index (χ0v) is 16.2. The van der Waals surface area contributed by atoms with E-state index >= 15 is 0 Å². The number of halogens is 1. The minimum atomic E-state index is -0.316. The summed E-state index contributed by atoms with van der Waals surface area (Å²) in [6.07, 6.45) is 2.93. The molecule has 1 aromatic heterocycles. The summed E-state index contributed by atoms with van der Waals surface area (Å²) in [6, 6.07) is 0. The number of imidazole rings is 1. The first-order valence-electron chi connectivity index (χ1n) is 8.21. The molecule has 0 radical (unpaired) electrons. The van der Waals surface area contributed by atoms with E-state index in [1.165, 1.54) is 6.20 Å². The average molecular weight is 367 g/mol. The van der Waals surface area contributed by atoms with Crippen molar-refractivity contribution >= 4 is 23.2 Å². The Bertz CT molecular complexity index is 702. The van der Waals surface area contributed by atoms with Gasteiger partial charge >= 0.3 is 0 Å². The molecule has 0 bridgehead atoms. The van der Waals surface area contributed by atoms with Gasteiger partial charge in [0, 0.05) is 7.05 Å². The van der Waals surface area contributed by atoms with Gasteiger partial charge in [0.25, 0.3) is 5.91 Å². The van der Waals surface area contributed by atoms with Crippen LogP contribution in [-0.2, 0) is 17.8 Å². The van der Waals surface area contributed by atoms with Gasteiger partial charge in [-0.05, 0) is 44.0 Å². The summed E-state index contributed by atoms with van der Waals surface area (Å²) in [5.74, 6) is 1.02. The van der Waals surface area contributed by atoms with E-state index in [1.54, 1.807) is 14.0 Å². The van der Waals surface area contributed by atoms with E-state index in [1.807, 2.05) is 20.8 Å². The molecule has 0 aromatic carbocycles. The van der Waals surface area contributed by atoms with E-state index < -0.39 is 0 Å². The van der Waals surface area contributed by atoms with Crippen molar-refractivity contribution in [2.75, 3.05) is 7.05 Å². The van der Waals surface area contributed by atoms with Crippen LogP contribution in [0.25, 0.3) is 0 Å². The minimum absolute atomic E-state index is 0.292. The molecule has 0 spiro atoms. The molecule has 8 heteroatoms. The Labute approximate surface area is 153 Å². The number of hydrogen-bond acceptors (Lipinski definition) is 5. The molecule has 7 nitrogen and oxygen atoms in total. The van der Waals surface area contributed by atoms with Gasteiger partial charge in [-0.25, -0.2) is 4.98 Å². The van der Waals surface area contributed by atoms with Gasteiger partial charge in [-0.1, -0.05) is 25.4 Å². The fourth-order valence-electron chi connectivity index (χ4n) is 2.12. The maximum absolute atomic E-state index is 12.5. The lowest BCUT2D eigenvalue weighted by atomic mass is 10.1. The third kappa shape index (κ3) is 5.63. The second kappa shape index (κ2) is 9.88. The van der Waals surface area contributed by atoms with Crippen molar-refractivity contribution in [3.05, 3.63) is 39.8 Å².